The summed E-state index contributed by atoms with van der Waals surface area (Å²) in [6.07, 6.45) is 1.12. The molecule has 2 heterocycles. The summed E-state index contributed by atoms with van der Waals surface area (Å²) in [7, 11) is -0.176. The second-order valence-electron chi connectivity index (χ2n) is 5.38. The van der Waals surface area contributed by atoms with E-state index in [9.17, 15) is 0 Å². The van der Waals surface area contributed by atoms with Crippen molar-refractivity contribution in [2.75, 3.05) is 13.1 Å². The van der Waals surface area contributed by atoms with E-state index in [1.807, 2.05) is 0 Å². The molecule has 2 saturated heterocycles. The van der Waals surface area contributed by atoms with Gasteiger partial charge in [0.2, 0.25) is 0 Å². The van der Waals surface area contributed by atoms with Crippen LogP contribution in [-0.4, -0.2) is 31.4 Å². The van der Waals surface area contributed by atoms with Gasteiger partial charge in [-0.15, -0.1) is 12.4 Å². The Morgan fingerprint density at radius 1 is 1.19 bits per heavy atom. The molecule has 0 unspecified atom stereocenters. The lowest BCUT2D eigenvalue weighted by molar-refractivity contribution is 0.00578. The Morgan fingerprint density at radius 2 is 1.75 bits per heavy atom. The molecule has 0 aliphatic carbocycles. The maximum absolute atomic E-state index is 5.90. The summed E-state index contributed by atoms with van der Waals surface area (Å²) < 4.78 is 11.8. The Morgan fingerprint density at radius 3 is 2.19 bits per heavy atom. The van der Waals surface area contributed by atoms with Crippen LogP contribution in [0.15, 0.2) is 11.5 Å². The summed E-state index contributed by atoms with van der Waals surface area (Å²) in [6, 6.07) is 0. The lowest BCUT2D eigenvalue weighted by atomic mass is 9.87. The van der Waals surface area contributed by atoms with E-state index < -0.39 is 0 Å². The van der Waals surface area contributed by atoms with Gasteiger partial charge in [0, 0.05) is 6.54 Å². The molecule has 0 atom stereocenters. The van der Waals surface area contributed by atoms with E-state index in [4.69, 9.17) is 9.31 Å². The van der Waals surface area contributed by atoms with Gasteiger partial charge in [-0.2, -0.15) is 0 Å². The summed E-state index contributed by atoms with van der Waals surface area (Å²) >= 11 is 0. The molecular formula is C11H21BClNO2. The van der Waals surface area contributed by atoms with Gasteiger partial charge in [0.1, 0.15) is 0 Å². The first-order valence-electron chi connectivity index (χ1n) is 5.67. The summed E-state index contributed by atoms with van der Waals surface area (Å²) in [6.45, 7) is 10.4. The molecule has 0 amide bonds. The van der Waals surface area contributed by atoms with Crippen molar-refractivity contribution in [2.45, 2.75) is 45.3 Å². The van der Waals surface area contributed by atoms with E-state index in [0.717, 1.165) is 19.5 Å². The molecule has 0 saturated carbocycles. The second kappa shape index (κ2) is 4.69. The Kier molecular flexibility index (Phi) is 4.11. The Balaban J connectivity index is 0.00000128. The molecule has 0 bridgehead atoms. The van der Waals surface area contributed by atoms with Crippen molar-refractivity contribution >= 4 is 19.5 Å². The molecule has 16 heavy (non-hydrogen) atoms. The summed E-state index contributed by atoms with van der Waals surface area (Å²) in [5.74, 6) is 2.12. The predicted octanol–water partition coefficient (Wildman–Crippen LogP) is 1.96. The van der Waals surface area contributed by atoms with Crippen molar-refractivity contribution in [1.82, 2.24) is 5.32 Å². The van der Waals surface area contributed by atoms with Crippen LogP contribution in [0.25, 0.3) is 0 Å². The van der Waals surface area contributed by atoms with Crippen LogP contribution in [0.5, 0.6) is 0 Å². The molecule has 2 aliphatic rings. The Bertz CT molecular complexity index is 268. The fourth-order valence-corrected chi connectivity index (χ4v) is 1.88. The number of nitrogens with one attached hydrogen (secondary N) is 1. The minimum atomic E-state index is -0.221. The minimum Gasteiger partial charge on any atom is -0.400 e. The number of hydrogen-bond donors (Lipinski definition) is 1. The Hall–Kier alpha value is -0.0251. The zero-order valence-electron chi connectivity index (χ0n) is 10.5. The van der Waals surface area contributed by atoms with Crippen molar-refractivity contribution in [2.24, 2.45) is 0 Å². The van der Waals surface area contributed by atoms with Crippen LogP contribution < -0.4 is 5.32 Å². The van der Waals surface area contributed by atoms with Gasteiger partial charge in [-0.25, -0.2) is 0 Å². The van der Waals surface area contributed by atoms with Crippen LogP contribution in [0.4, 0.5) is 0 Å². The largest absolute Gasteiger partial charge is 0.487 e. The highest BCUT2D eigenvalue weighted by atomic mass is 35.5. The van der Waals surface area contributed by atoms with Gasteiger partial charge >= 0.3 is 7.12 Å². The van der Waals surface area contributed by atoms with Crippen molar-refractivity contribution in [3.8, 4) is 0 Å². The maximum Gasteiger partial charge on any atom is 0.487 e. The third-order valence-electron chi connectivity index (χ3n) is 3.62. The fourth-order valence-electron chi connectivity index (χ4n) is 1.88. The highest BCUT2D eigenvalue weighted by molar-refractivity contribution is 6.51. The van der Waals surface area contributed by atoms with E-state index in [-0.39, 0.29) is 30.7 Å². The molecule has 1 N–H and O–H groups in total. The van der Waals surface area contributed by atoms with Gasteiger partial charge in [-0.1, -0.05) is 11.5 Å². The number of rotatable bonds is 1. The standard InChI is InChI=1S/C11H20BNO2.ClH/c1-10(2)11(3,4)15-12(14-10)7-9-5-6-13-8-9;/h7,13H,5-6,8H2,1-4H3;1H. The molecule has 0 aromatic heterocycles. The van der Waals surface area contributed by atoms with E-state index >= 15 is 0 Å². The molecule has 2 aliphatic heterocycles. The molecule has 3 nitrogen and oxygen atoms in total. The van der Waals surface area contributed by atoms with Gasteiger partial charge in [-0.3, -0.25) is 0 Å². The smallest absolute Gasteiger partial charge is 0.400 e. The van der Waals surface area contributed by atoms with Gasteiger partial charge in [0.15, 0.2) is 0 Å². The van der Waals surface area contributed by atoms with E-state index in [1.54, 1.807) is 0 Å². The number of halogens is 1. The molecular weight excluding hydrogens is 224 g/mol. The van der Waals surface area contributed by atoms with Crippen LogP contribution in [0.1, 0.15) is 34.1 Å². The summed E-state index contributed by atoms with van der Waals surface area (Å²) in [5, 5.41) is 3.31. The SMILES string of the molecule is CC1(C)OB(C=C2CCNC2)OC1(C)C.Cl. The lowest BCUT2D eigenvalue weighted by Crippen LogP contribution is -2.41. The number of hydrogen-bond acceptors (Lipinski definition) is 3. The van der Waals surface area contributed by atoms with Crippen LogP contribution in [-0.2, 0) is 9.31 Å². The van der Waals surface area contributed by atoms with Crippen molar-refractivity contribution in [3.63, 3.8) is 0 Å². The first-order valence-corrected chi connectivity index (χ1v) is 5.67. The van der Waals surface area contributed by atoms with Crippen LogP contribution in [0.2, 0.25) is 0 Å². The van der Waals surface area contributed by atoms with Gasteiger partial charge < -0.3 is 14.6 Å². The maximum atomic E-state index is 5.90. The van der Waals surface area contributed by atoms with Crippen molar-refractivity contribution < 1.29 is 9.31 Å². The van der Waals surface area contributed by atoms with Crippen LogP contribution in [0, 0.1) is 0 Å². The third-order valence-corrected chi connectivity index (χ3v) is 3.62. The molecule has 2 rings (SSSR count). The third kappa shape index (κ3) is 2.62. The molecule has 0 aromatic carbocycles. The zero-order valence-corrected chi connectivity index (χ0v) is 11.3. The highest BCUT2D eigenvalue weighted by Gasteiger charge is 2.50. The van der Waals surface area contributed by atoms with Crippen molar-refractivity contribution in [3.05, 3.63) is 11.5 Å². The monoisotopic (exact) mass is 245 g/mol. The average molecular weight is 246 g/mol. The molecule has 2 fully saturated rings. The van der Waals surface area contributed by atoms with E-state index in [1.165, 1.54) is 5.57 Å². The van der Waals surface area contributed by atoms with Gasteiger partial charge in [0.25, 0.3) is 0 Å². The quantitative estimate of drug-likeness (QED) is 0.717. The first-order chi connectivity index (χ1) is 6.91. The Labute approximate surface area is 105 Å². The molecule has 5 heteroatoms. The minimum absolute atomic E-state index is 0. The van der Waals surface area contributed by atoms with Crippen molar-refractivity contribution in [1.29, 1.82) is 0 Å². The molecule has 0 aromatic rings. The van der Waals surface area contributed by atoms with E-state index in [2.05, 4.69) is 39.0 Å². The summed E-state index contributed by atoms with van der Waals surface area (Å²) in [4.78, 5) is 0. The van der Waals surface area contributed by atoms with E-state index in [0.29, 0.717) is 0 Å². The van der Waals surface area contributed by atoms with Crippen LogP contribution in [0.3, 0.4) is 0 Å². The fraction of sp³-hybridized carbons (Fsp3) is 0.818. The molecule has 0 radical (unpaired) electrons. The zero-order chi connectivity index (χ0) is 11.1. The van der Waals surface area contributed by atoms with Crippen LogP contribution >= 0.6 is 12.4 Å². The van der Waals surface area contributed by atoms with Gasteiger partial charge in [0.05, 0.1) is 11.2 Å². The first kappa shape index (κ1) is 14.0. The predicted molar refractivity (Wildman–Crippen MR) is 68.9 cm³/mol. The normalized spacial score (nSPS) is 29.5. The second-order valence-corrected chi connectivity index (χ2v) is 5.38. The summed E-state index contributed by atoms with van der Waals surface area (Å²) in [5.41, 5.74) is 0.954. The highest BCUT2D eigenvalue weighted by Crippen LogP contribution is 2.37. The average Bonchev–Trinajstić information content (AvgIpc) is 2.59. The van der Waals surface area contributed by atoms with Gasteiger partial charge in [-0.05, 0) is 40.7 Å². The topological polar surface area (TPSA) is 30.5 Å². The lowest BCUT2D eigenvalue weighted by Gasteiger charge is -2.32. The molecule has 0 spiro atoms. The molecule has 92 valence electrons.